The summed E-state index contributed by atoms with van der Waals surface area (Å²) < 4.78 is 5.73. The number of rotatable bonds is 11. The van der Waals surface area contributed by atoms with Crippen LogP contribution < -0.4 is 15.4 Å². The summed E-state index contributed by atoms with van der Waals surface area (Å²) in [5.74, 6) is -0.634. The van der Waals surface area contributed by atoms with Crippen LogP contribution in [0.3, 0.4) is 0 Å². The Kier molecular flexibility index (Phi) is 8.55. The van der Waals surface area contributed by atoms with E-state index in [2.05, 4.69) is 6.92 Å². The third-order valence-corrected chi connectivity index (χ3v) is 4.40. The van der Waals surface area contributed by atoms with Gasteiger partial charge >= 0.3 is 6.03 Å². The largest absolute Gasteiger partial charge is 0.494 e. The van der Waals surface area contributed by atoms with E-state index in [0.717, 1.165) is 12.2 Å². The van der Waals surface area contributed by atoms with Gasteiger partial charge < -0.3 is 4.74 Å². The molecular weight excluding hydrogens is 344 g/mol. The molecule has 6 heteroatoms. The van der Waals surface area contributed by atoms with Crippen LogP contribution >= 0.6 is 0 Å². The highest BCUT2D eigenvalue weighted by molar-refractivity contribution is 6.31. The van der Waals surface area contributed by atoms with Crippen LogP contribution in [0, 0.1) is 0 Å². The van der Waals surface area contributed by atoms with Crippen molar-refractivity contribution in [1.29, 1.82) is 0 Å². The van der Waals surface area contributed by atoms with Gasteiger partial charge in [-0.15, -0.1) is 0 Å². The standard InChI is InChI=1S/C21H28N2O4/c1-2-3-4-5-6-7-8-9-14-27-17-12-10-16(11-13-17)15-18-19(24)22-21(26)23-20(18)25/h10-13,15H,2-9,14H2,1H3,(H2,22,23,24,25,26). The Morgan fingerprint density at radius 3 is 1.96 bits per heavy atom. The summed E-state index contributed by atoms with van der Waals surface area (Å²) in [6, 6.07) is 6.36. The molecule has 1 fully saturated rings. The van der Waals surface area contributed by atoms with E-state index in [-0.39, 0.29) is 5.57 Å². The summed E-state index contributed by atoms with van der Waals surface area (Å²) in [7, 11) is 0. The van der Waals surface area contributed by atoms with Gasteiger partial charge in [0.15, 0.2) is 0 Å². The lowest BCUT2D eigenvalue weighted by molar-refractivity contribution is -0.123. The molecule has 146 valence electrons. The molecule has 1 aliphatic rings. The van der Waals surface area contributed by atoms with Crippen molar-refractivity contribution in [1.82, 2.24) is 10.6 Å². The normalized spacial score (nSPS) is 14.0. The summed E-state index contributed by atoms with van der Waals surface area (Å²) in [5.41, 5.74) is 0.589. The van der Waals surface area contributed by atoms with Crippen LogP contribution in [-0.2, 0) is 9.59 Å². The van der Waals surface area contributed by atoms with Gasteiger partial charge in [-0.1, -0.05) is 64.0 Å². The van der Waals surface area contributed by atoms with E-state index in [1.807, 2.05) is 10.6 Å². The smallest absolute Gasteiger partial charge is 0.328 e. The number of amides is 4. The molecule has 0 spiro atoms. The minimum Gasteiger partial charge on any atom is -0.494 e. The Labute approximate surface area is 160 Å². The van der Waals surface area contributed by atoms with Crippen LogP contribution in [-0.4, -0.2) is 24.5 Å². The summed E-state index contributed by atoms with van der Waals surface area (Å²) in [5, 5.41) is 4.09. The first kappa shape index (κ1) is 20.7. The number of nitrogens with one attached hydrogen (secondary N) is 2. The first-order chi connectivity index (χ1) is 13.1. The highest BCUT2D eigenvalue weighted by atomic mass is 16.5. The van der Waals surface area contributed by atoms with Crippen molar-refractivity contribution < 1.29 is 19.1 Å². The Morgan fingerprint density at radius 1 is 0.815 bits per heavy atom. The zero-order valence-corrected chi connectivity index (χ0v) is 15.9. The van der Waals surface area contributed by atoms with Crippen molar-refractivity contribution >= 4 is 23.9 Å². The van der Waals surface area contributed by atoms with Gasteiger partial charge in [-0.25, -0.2) is 4.79 Å². The Morgan fingerprint density at radius 2 is 1.37 bits per heavy atom. The molecule has 0 radical (unpaired) electrons. The average Bonchev–Trinajstić information content (AvgIpc) is 2.64. The number of imide groups is 2. The van der Waals surface area contributed by atoms with E-state index in [4.69, 9.17) is 4.74 Å². The fraction of sp³-hybridized carbons (Fsp3) is 0.476. The van der Waals surface area contributed by atoms with Gasteiger partial charge in [0, 0.05) is 0 Å². The first-order valence-electron chi connectivity index (χ1n) is 9.71. The highest BCUT2D eigenvalue weighted by Gasteiger charge is 2.27. The van der Waals surface area contributed by atoms with Crippen molar-refractivity contribution in [3.05, 3.63) is 35.4 Å². The van der Waals surface area contributed by atoms with Crippen LogP contribution in [0.15, 0.2) is 29.8 Å². The minimum atomic E-state index is -0.799. The minimum absolute atomic E-state index is 0.0952. The number of hydrogen-bond acceptors (Lipinski definition) is 4. The number of benzene rings is 1. The van der Waals surface area contributed by atoms with Gasteiger partial charge in [-0.3, -0.25) is 20.2 Å². The van der Waals surface area contributed by atoms with Gasteiger partial charge in [0.2, 0.25) is 0 Å². The van der Waals surface area contributed by atoms with E-state index >= 15 is 0 Å². The first-order valence-corrected chi connectivity index (χ1v) is 9.71. The molecule has 0 saturated carbocycles. The quantitative estimate of drug-likeness (QED) is 0.350. The van der Waals surface area contributed by atoms with Crippen molar-refractivity contribution in [2.75, 3.05) is 6.61 Å². The number of carbonyl (C=O) groups is 3. The van der Waals surface area contributed by atoms with Crippen molar-refractivity contribution in [3.8, 4) is 5.75 Å². The molecular formula is C21H28N2O4. The maximum absolute atomic E-state index is 11.7. The number of urea groups is 1. The van der Waals surface area contributed by atoms with Crippen molar-refractivity contribution in [2.24, 2.45) is 0 Å². The molecule has 6 nitrogen and oxygen atoms in total. The van der Waals surface area contributed by atoms with Crippen molar-refractivity contribution in [2.45, 2.75) is 58.3 Å². The topological polar surface area (TPSA) is 84.5 Å². The third-order valence-electron chi connectivity index (χ3n) is 4.40. The van der Waals surface area contributed by atoms with Crippen LogP contribution in [0.5, 0.6) is 5.75 Å². The highest BCUT2D eigenvalue weighted by Crippen LogP contribution is 2.16. The lowest BCUT2D eigenvalue weighted by Gasteiger charge is -2.13. The molecule has 0 bridgehead atoms. The van der Waals surface area contributed by atoms with E-state index < -0.39 is 17.8 Å². The molecule has 1 saturated heterocycles. The van der Waals surface area contributed by atoms with Crippen LogP contribution in [0.4, 0.5) is 4.79 Å². The molecule has 1 aromatic carbocycles. The second-order valence-electron chi connectivity index (χ2n) is 6.69. The molecule has 2 N–H and O–H groups in total. The molecule has 1 aliphatic heterocycles. The Bertz CT molecular complexity index is 658. The molecule has 1 heterocycles. The second-order valence-corrected chi connectivity index (χ2v) is 6.69. The molecule has 0 atom stereocenters. The zero-order chi connectivity index (χ0) is 19.5. The van der Waals surface area contributed by atoms with E-state index in [1.165, 1.54) is 51.0 Å². The predicted molar refractivity (Wildman–Crippen MR) is 104 cm³/mol. The molecule has 2 rings (SSSR count). The lowest BCUT2D eigenvalue weighted by Crippen LogP contribution is -2.51. The predicted octanol–water partition coefficient (Wildman–Crippen LogP) is 3.96. The summed E-state index contributed by atoms with van der Waals surface area (Å²) in [6.07, 6.45) is 11.5. The molecule has 27 heavy (non-hydrogen) atoms. The monoisotopic (exact) mass is 372 g/mol. The average molecular weight is 372 g/mol. The van der Waals surface area contributed by atoms with Gasteiger partial charge in [0.05, 0.1) is 6.61 Å². The molecule has 0 unspecified atom stereocenters. The summed E-state index contributed by atoms with van der Waals surface area (Å²) in [6.45, 7) is 2.91. The maximum atomic E-state index is 11.7. The SMILES string of the molecule is CCCCCCCCCCOc1ccc(C=C2C(=O)NC(=O)NC2=O)cc1. The number of unbranched alkanes of at least 4 members (excludes halogenated alkanes) is 7. The summed E-state index contributed by atoms with van der Waals surface area (Å²) >= 11 is 0. The third kappa shape index (κ3) is 7.25. The fourth-order valence-corrected chi connectivity index (χ4v) is 2.86. The van der Waals surface area contributed by atoms with Gasteiger partial charge in [0.25, 0.3) is 11.8 Å². The number of ether oxygens (including phenoxy) is 1. The summed E-state index contributed by atoms with van der Waals surface area (Å²) in [4.78, 5) is 34.4. The second kappa shape index (κ2) is 11.2. The molecule has 1 aromatic rings. The molecule has 4 amide bonds. The number of carbonyl (C=O) groups excluding carboxylic acids is 3. The van der Waals surface area contributed by atoms with Crippen molar-refractivity contribution in [3.63, 3.8) is 0 Å². The zero-order valence-electron chi connectivity index (χ0n) is 15.9. The van der Waals surface area contributed by atoms with E-state index in [0.29, 0.717) is 12.2 Å². The number of barbiturate groups is 1. The van der Waals surface area contributed by atoms with E-state index in [9.17, 15) is 14.4 Å². The van der Waals surface area contributed by atoms with Gasteiger partial charge in [0.1, 0.15) is 11.3 Å². The molecule has 0 aromatic heterocycles. The van der Waals surface area contributed by atoms with Crippen LogP contribution in [0.1, 0.15) is 63.9 Å². The van der Waals surface area contributed by atoms with Crippen LogP contribution in [0.25, 0.3) is 6.08 Å². The maximum Gasteiger partial charge on any atom is 0.328 e. The van der Waals surface area contributed by atoms with E-state index in [1.54, 1.807) is 24.3 Å². The Hall–Kier alpha value is -2.63. The van der Waals surface area contributed by atoms with Crippen LogP contribution in [0.2, 0.25) is 0 Å². The van der Waals surface area contributed by atoms with Gasteiger partial charge in [-0.05, 0) is 30.2 Å². The fourth-order valence-electron chi connectivity index (χ4n) is 2.86. The lowest BCUT2D eigenvalue weighted by atomic mass is 10.1. The van der Waals surface area contributed by atoms with Gasteiger partial charge in [-0.2, -0.15) is 0 Å². The Balaban J connectivity index is 1.71. The molecule has 0 aliphatic carbocycles. The number of hydrogen-bond donors (Lipinski definition) is 2.